The Balaban J connectivity index is 2.19. The van der Waals surface area contributed by atoms with Crippen LogP contribution in [-0.4, -0.2) is 49.3 Å². The molecule has 1 amide bonds. The van der Waals surface area contributed by atoms with Crippen molar-refractivity contribution in [3.05, 3.63) is 40.7 Å². The van der Waals surface area contributed by atoms with Crippen LogP contribution in [0.4, 0.5) is 5.69 Å². The van der Waals surface area contributed by atoms with E-state index in [4.69, 9.17) is 19.2 Å². The highest BCUT2D eigenvalue weighted by Gasteiger charge is 2.34. The van der Waals surface area contributed by atoms with Crippen molar-refractivity contribution in [3.8, 4) is 16.9 Å². The van der Waals surface area contributed by atoms with Gasteiger partial charge < -0.3 is 24.8 Å². The van der Waals surface area contributed by atoms with Crippen molar-refractivity contribution in [2.24, 2.45) is 5.41 Å². The molecule has 202 valence electrons. The number of rotatable bonds is 7. The molecule has 0 spiro atoms. The molecule has 2 aromatic rings. The minimum atomic E-state index is -0.991. The SMILES string of the molecule is COC(=O)[C@@H](OC(C)(C)C)c1c(C)nc(CC(=O)NCC(C)(C)C)c(C)c1-c1ccc2c(c1)NCCO2. The zero-order valence-corrected chi connectivity index (χ0v) is 23.6. The lowest BCUT2D eigenvalue weighted by atomic mass is 9.88. The molecule has 0 radical (unpaired) electrons. The number of fused-ring (bicyclic) bond motifs is 1. The number of aryl methyl sites for hydroxylation is 1. The molecule has 0 fully saturated rings. The topological polar surface area (TPSA) is 98.8 Å². The fourth-order valence-corrected chi connectivity index (χ4v) is 4.30. The fourth-order valence-electron chi connectivity index (χ4n) is 4.30. The summed E-state index contributed by atoms with van der Waals surface area (Å²) in [6, 6.07) is 5.89. The maximum atomic E-state index is 13.0. The van der Waals surface area contributed by atoms with Crippen molar-refractivity contribution in [3.63, 3.8) is 0 Å². The van der Waals surface area contributed by atoms with Crippen LogP contribution in [0.15, 0.2) is 18.2 Å². The zero-order chi connectivity index (χ0) is 27.5. The van der Waals surface area contributed by atoms with E-state index < -0.39 is 17.7 Å². The van der Waals surface area contributed by atoms with E-state index in [1.165, 1.54) is 7.11 Å². The highest BCUT2D eigenvalue weighted by atomic mass is 16.6. The smallest absolute Gasteiger partial charge is 0.339 e. The van der Waals surface area contributed by atoms with Crippen molar-refractivity contribution in [2.75, 3.05) is 32.1 Å². The first-order valence-electron chi connectivity index (χ1n) is 12.7. The van der Waals surface area contributed by atoms with E-state index in [-0.39, 0.29) is 17.7 Å². The van der Waals surface area contributed by atoms with Crippen molar-refractivity contribution in [1.29, 1.82) is 0 Å². The molecule has 2 N–H and O–H groups in total. The molecule has 8 nitrogen and oxygen atoms in total. The fraction of sp³-hybridized carbons (Fsp3) is 0.552. The van der Waals surface area contributed by atoms with Gasteiger partial charge in [-0.2, -0.15) is 0 Å². The number of benzene rings is 1. The highest BCUT2D eigenvalue weighted by Crippen LogP contribution is 2.41. The van der Waals surface area contributed by atoms with E-state index in [0.29, 0.717) is 36.6 Å². The van der Waals surface area contributed by atoms with Gasteiger partial charge in [-0.05, 0) is 68.9 Å². The molecule has 0 saturated heterocycles. The van der Waals surface area contributed by atoms with E-state index in [1.807, 2.05) is 52.8 Å². The molecule has 1 aliphatic rings. The Labute approximate surface area is 220 Å². The average Bonchev–Trinajstić information content (AvgIpc) is 2.81. The van der Waals surface area contributed by atoms with Gasteiger partial charge in [0.2, 0.25) is 5.91 Å². The Morgan fingerprint density at radius 2 is 1.86 bits per heavy atom. The highest BCUT2D eigenvalue weighted by molar-refractivity contribution is 5.86. The van der Waals surface area contributed by atoms with Crippen molar-refractivity contribution >= 4 is 17.6 Å². The molecule has 3 rings (SSSR count). The number of nitrogens with one attached hydrogen (secondary N) is 2. The molecule has 1 aliphatic heterocycles. The molecule has 0 saturated carbocycles. The number of hydrogen-bond acceptors (Lipinski definition) is 7. The lowest BCUT2D eigenvalue weighted by Gasteiger charge is -2.30. The molecule has 0 aliphatic carbocycles. The average molecular weight is 512 g/mol. The molecule has 0 unspecified atom stereocenters. The third kappa shape index (κ3) is 7.22. The lowest BCUT2D eigenvalue weighted by Crippen LogP contribution is -2.34. The van der Waals surface area contributed by atoms with E-state index in [2.05, 4.69) is 31.4 Å². The van der Waals surface area contributed by atoms with Gasteiger partial charge in [0.1, 0.15) is 12.4 Å². The van der Waals surface area contributed by atoms with Crippen LogP contribution in [-0.2, 0) is 25.5 Å². The summed E-state index contributed by atoms with van der Waals surface area (Å²) in [6.45, 7) is 17.6. The number of pyridine rings is 1. The Hall–Kier alpha value is -3.13. The van der Waals surface area contributed by atoms with Gasteiger partial charge in [0.15, 0.2) is 6.10 Å². The Morgan fingerprint density at radius 3 is 2.49 bits per heavy atom. The van der Waals surface area contributed by atoms with Crippen LogP contribution in [0.2, 0.25) is 0 Å². The first kappa shape index (κ1) is 28.4. The lowest BCUT2D eigenvalue weighted by molar-refractivity contribution is -0.164. The number of nitrogens with zero attached hydrogens (tertiary/aromatic N) is 1. The number of methoxy groups -OCH3 is 1. The zero-order valence-electron chi connectivity index (χ0n) is 23.6. The monoisotopic (exact) mass is 511 g/mol. The molecule has 37 heavy (non-hydrogen) atoms. The predicted octanol–water partition coefficient (Wildman–Crippen LogP) is 4.90. The van der Waals surface area contributed by atoms with Gasteiger partial charge in [0, 0.05) is 24.3 Å². The number of aromatic nitrogens is 1. The van der Waals surface area contributed by atoms with Crippen LogP contribution in [0, 0.1) is 19.3 Å². The Kier molecular flexibility index (Phi) is 8.52. The third-order valence-electron chi connectivity index (χ3n) is 6.01. The van der Waals surface area contributed by atoms with Crippen LogP contribution in [0.5, 0.6) is 5.75 Å². The Bertz CT molecular complexity index is 1160. The summed E-state index contributed by atoms with van der Waals surface area (Å²) in [7, 11) is 1.35. The normalized spacial score (nSPS) is 14.2. The summed E-state index contributed by atoms with van der Waals surface area (Å²) in [5.41, 5.74) is 4.62. The predicted molar refractivity (Wildman–Crippen MR) is 145 cm³/mol. The molecular weight excluding hydrogens is 470 g/mol. The number of carbonyl (C=O) groups is 2. The first-order valence-corrected chi connectivity index (χ1v) is 12.7. The van der Waals surface area contributed by atoms with Gasteiger partial charge >= 0.3 is 5.97 Å². The minimum Gasteiger partial charge on any atom is -0.490 e. The largest absolute Gasteiger partial charge is 0.490 e. The van der Waals surface area contributed by atoms with Crippen molar-refractivity contribution in [1.82, 2.24) is 10.3 Å². The molecular formula is C29H41N3O5. The summed E-state index contributed by atoms with van der Waals surface area (Å²) in [6.07, 6.45) is -0.860. The van der Waals surface area contributed by atoms with Gasteiger partial charge in [-0.3, -0.25) is 9.78 Å². The standard InChI is InChI=1S/C29H41N3O5/c1-17-20(15-23(33)31-16-28(3,4)5)32-18(2)25(26(27(34)35-9)37-29(6,7)8)24(17)19-10-11-22-21(14-19)30-12-13-36-22/h10-11,14,26,30H,12-13,15-16H2,1-9H3,(H,31,33)/t26-/m0/s1. The van der Waals surface area contributed by atoms with Crippen LogP contribution < -0.4 is 15.4 Å². The van der Waals surface area contributed by atoms with Crippen LogP contribution in [0.3, 0.4) is 0 Å². The van der Waals surface area contributed by atoms with Gasteiger partial charge in [-0.1, -0.05) is 26.8 Å². The molecule has 0 bridgehead atoms. The van der Waals surface area contributed by atoms with Gasteiger partial charge in [-0.25, -0.2) is 4.79 Å². The number of anilines is 1. The van der Waals surface area contributed by atoms with Crippen molar-refractivity contribution < 1.29 is 23.8 Å². The second-order valence-corrected chi connectivity index (χ2v) is 11.7. The number of ether oxygens (including phenoxy) is 3. The molecule has 8 heteroatoms. The van der Waals surface area contributed by atoms with Crippen LogP contribution in [0.1, 0.15) is 70.2 Å². The number of hydrogen-bond donors (Lipinski definition) is 2. The summed E-state index contributed by atoms with van der Waals surface area (Å²) in [5.74, 6) is 0.173. The molecule has 2 heterocycles. The van der Waals surface area contributed by atoms with Crippen molar-refractivity contribution in [2.45, 2.75) is 73.5 Å². The number of carbonyl (C=O) groups excluding carboxylic acids is 2. The van der Waals surface area contributed by atoms with E-state index in [9.17, 15) is 9.59 Å². The summed E-state index contributed by atoms with van der Waals surface area (Å²) in [5, 5.41) is 6.39. The van der Waals surface area contributed by atoms with Crippen LogP contribution in [0.25, 0.3) is 11.1 Å². The molecule has 1 aromatic carbocycles. The van der Waals surface area contributed by atoms with Gasteiger partial charge in [-0.15, -0.1) is 0 Å². The first-order chi connectivity index (χ1) is 17.2. The summed E-state index contributed by atoms with van der Waals surface area (Å²) < 4.78 is 17.2. The van der Waals surface area contributed by atoms with E-state index in [0.717, 1.165) is 28.1 Å². The van der Waals surface area contributed by atoms with Gasteiger partial charge in [0.25, 0.3) is 0 Å². The van der Waals surface area contributed by atoms with E-state index >= 15 is 0 Å². The molecule has 1 atom stereocenters. The molecule has 1 aromatic heterocycles. The second-order valence-electron chi connectivity index (χ2n) is 11.7. The van der Waals surface area contributed by atoms with Crippen LogP contribution >= 0.6 is 0 Å². The minimum absolute atomic E-state index is 0.0285. The summed E-state index contributed by atoms with van der Waals surface area (Å²) in [4.78, 5) is 30.7. The Morgan fingerprint density at radius 1 is 1.16 bits per heavy atom. The number of amides is 1. The summed E-state index contributed by atoms with van der Waals surface area (Å²) >= 11 is 0. The maximum Gasteiger partial charge on any atom is 0.339 e. The van der Waals surface area contributed by atoms with Gasteiger partial charge in [0.05, 0.1) is 30.5 Å². The second kappa shape index (κ2) is 11.1. The number of esters is 1. The third-order valence-corrected chi connectivity index (χ3v) is 6.01. The quantitative estimate of drug-likeness (QED) is 0.510. The van der Waals surface area contributed by atoms with E-state index in [1.54, 1.807) is 0 Å². The maximum absolute atomic E-state index is 13.0.